The Morgan fingerprint density at radius 3 is 2.00 bits per heavy atom. The van der Waals surface area contributed by atoms with Gasteiger partial charge in [-0.25, -0.2) is 0 Å². The van der Waals surface area contributed by atoms with Crippen molar-refractivity contribution in [3.63, 3.8) is 0 Å². The number of aliphatic hydroxyl groups is 2. The first-order valence-corrected chi connectivity index (χ1v) is 3.73. The molecular formula is C7H13BO2. The van der Waals surface area contributed by atoms with Gasteiger partial charge in [0.25, 0.3) is 0 Å². The van der Waals surface area contributed by atoms with E-state index < -0.39 is 18.0 Å². The molecule has 1 rings (SSSR count). The molecule has 0 spiro atoms. The first kappa shape index (κ1) is 8.09. The first-order valence-electron chi connectivity index (χ1n) is 3.73. The van der Waals surface area contributed by atoms with Gasteiger partial charge in [0.05, 0.1) is 20.1 Å². The highest BCUT2D eigenvalue weighted by Crippen LogP contribution is 2.30. The van der Waals surface area contributed by atoms with Crippen LogP contribution in [0, 0.1) is 5.92 Å². The molecule has 3 heteroatoms. The van der Waals surface area contributed by atoms with Crippen LogP contribution in [0.4, 0.5) is 0 Å². The molecule has 2 nitrogen and oxygen atoms in total. The van der Waals surface area contributed by atoms with Gasteiger partial charge in [0, 0.05) is 0 Å². The molecule has 2 unspecified atom stereocenters. The van der Waals surface area contributed by atoms with Crippen molar-refractivity contribution in [2.75, 3.05) is 0 Å². The Hall–Kier alpha value is -0.0151. The molecule has 0 bridgehead atoms. The van der Waals surface area contributed by atoms with Crippen LogP contribution in [-0.2, 0) is 0 Å². The number of rotatable bonds is 0. The summed E-state index contributed by atoms with van der Waals surface area (Å²) in [4.78, 5) is 0. The van der Waals surface area contributed by atoms with Gasteiger partial charge in [-0.2, -0.15) is 0 Å². The summed E-state index contributed by atoms with van der Waals surface area (Å²) in [6.45, 7) is 2.01. The average Bonchev–Trinajstić information content (AvgIpc) is 1.82. The van der Waals surface area contributed by atoms with Crippen LogP contribution in [0.2, 0.25) is 5.82 Å². The molecule has 2 atom stereocenters. The number of hydrogen-bond donors (Lipinski definition) is 2. The van der Waals surface area contributed by atoms with Gasteiger partial charge < -0.3 is 10.2 Å². The van der Waals surface area contributed by atoms with E-state index in [1.165, 1.54) is 0 Å². The highest BCUT2D eigenvalue weighted by atomic mass is 16.3. The lowest BCUT2D eigenvalue weighted by molar-refractivity contribution is 0.0199. The third-order valence-corrected chi connectivity index (χ3v) is 2.18. The molecule has 1 aliphatic rings. The van der Waals surface area contributed by atoms with E-state index in [1.54, 1.807) is 0 Å². The molecule has 10 heavy (non-hydrogen) atoms. The van der Waals surface area contributed by atoms with E-state index >= 15 is 0 Å². The summed E-state index contributed by atoms with van der Waals surface area (Å²) in [5, 5.41) is 18.5. The maximum Gasteiger partial charge on any atom is 0.0770 e. The van der Waals surface area contributed by atoms with Gasteiger partial charge in [-0.15, -0.1) is 0 Å². The van der Waals surface area contributed by atoms with Crippen molar-refractivity contribution in [1.82, 2.24) is 0 Å². The molecule has 1 saturated carbocycles. The Kier molecular flexibility index (Phi) is 2.37. The predicted octanol–water partition coefficient (Wildman–Crippen LogP) is 0.0951. The van der Waals surface area contributed by atoms with Crippen LogP contribution in [0.25, 0.3) is 0 Å². The minimum Gasteiger partial charge on any atom is -0.394 e. The van der Waals surface area contributed by atoms with E-state index in [0.717, 1.165) is 12.8 Å². The molecule has 0 heterocycles. The minimum absolute atomic E-state index is 0.393. The summed E-state index contributed by atoms with van der Waals surface area (Å²) < 4.78 is 0. The van der Waals surface area contributed by atoms with E-state index in [1.807, 2.05) is 6.92 Å². The summed E-state index contributed by atoms with van der Waals surface area (Å²) in [5.41, 5.74) is 0. The van der Waals surface area contributed by atoms with Crippen LogP contribution in [0.5, 0.6) is 0 Å². The van der Waals surface area contributed by atoms with Crippen molar-refractivity contribution in [2.45, 2.75) is 37.8 Å². The van der Waals surface area contributed by atoms with Crippen molar-refractivity contribution in [1.29, 1.82) is 0 Å². The minimum atomic E-state index is -0.515. The molecule has 1 fully saturated rings. The van der Waals surface area contributed by atoms with Crippen molar-refractivity contribution < 1.29 is 10.2 Å². The lowest BCUT2D eigenvalue weighted by Crippen LogP contribution is -2.35. The van der Waals surface area contributed by atoms with Gasteiger partial charge in [0.15, 0.2) is 0 Å². The van der Waals surface area contributed by atoms with Crippen molar-refractivity contribution >= 4 is 7.85 Å². The number of hydrogen-bond acceptors (Lipinski definition) is 2. The topological polar surface area (TPSA) is 40.5 Å². The lowest BCUT2D eigenvalue weighted by atomic mass is 9.68. The van der Waals surface area contributed by atoms with Gasteiger partial charge in [-0.1, -0.05) is 6.92 Å². The third kappa shape index (κ3) is 1.52. The zero-order chi connectivity index (χ0) is 7.72. The third-order valence-electron chi connectivity index (χ3n) is 2.18. The lowest BCUT2D eigenvalue weighted by Gasteiger charge is -2.33. The standard InChI is InChI=1S/C7H13BO2/c1-4-2-5(9)7(8)6(10)3-4/h4-7,9-10H,2-3H2,1H3. The van der Waals surface area contributed by atoms with Gasteiger partial charge in [0.2, 0.25) is 0 Å². The second kappa shape index (κ2) is 2.93. The fourth-order valence-electron chi connectivity index (χ4n) is 1.49. The maximum atomic E-state index is 9.23. The fraction of sp³-hybridized carbons (Fsp3) is 1.00. The van der Waals surface area contributed by atoms with Gasteiger partial charge in [-0.3, -0.25) is 0 Å². The largest absolute Gasteiger partial charge is 0.394 e. The monoisotopic (exact) mass is 140 g/mol. The molecule has 1 aliphatic carbocycles. The normalized spacial score (nSPS) is 49.1. The Bertz CT molecular complexity index is 106. The molecule has 0 aromatic carbocycles. The van der Waals surface area contributed by atoms with E-state index in [-0.39, 0.29) is 0 Å². The maximum absolute atomic E-state index is 9.23. The van der Waals surface area contributed by atoms with Crippen LogP contribution in [-0.4, -0.2) is 30.3 Å². The highest BCUT2D eigenvalue weighted by molar-refractivity contribution is 6.12. The van der Waals surface area contributed by atoms with E-state index in [9.17, 15) is 10.2 Å². The van der Waals surface area contributed by atoms with Crippen LogP contribution in [0.15, 0.2) is 0 Å². The number of aliphatic hydroxyl groups excluding tert-OH is 2. The molecule has 0 aromatic heterocycles. The zero-order valence-corrected chi connectivity index (χ0v) is 6.20. The molecule has 56 valence electrons. The molecule has 0 saturated heterocycles. The van der Waals surface area contributed by atoms with Crippen LogP contribution >= 0.6 is 0 Å². The van der Waals surface area contributed by atoms with Crippen LogP contribution in [0.1, 0.15) is 19.8 Å². The molecule has 0 amide bonds. The second-order valence-electron chi connectivity index (χ2n) is 3.29. The van der Waals surface area contributed by atoms with Gasteiger partial charge in [-0.05, 0) is 24.6 Å². The Morgan fingerprint density at radius 2 is 1.60 bits per heavy atom. The Labute approximate surface area is 62.7 Å². The van der Waals surface area contributed by atoms with E-state index in [2.05, 4.69) is 0 Å². The van der Waals surface area contributed by atoms with E-state index in [0.29, 0.717) is 5.92 Å². The fourth-order valence-corrected chi connectivity index (χ4v) is 1.49. The second-order valence-corrected chi connectivity index (χ2v) is 3.29. The molecule has 0 aromatic rings. The molecular weight excluding hydrogens is 127 g/mol. The Morgan fingerprint density at radius 1 is 1.20 bits per heavy atom. The van der Waals surface area contributed by atoms with Crippen molar-refractivity contribution in [2.24, 2.45) is 5.92 Å². The van der Waals surface area contributed by atoms with Gasteiger partial charge in [0.1, 0.15) is 0 Å². The quantitative estimate of drug-likeness (QED) is 0.468. The summed E-state index contributed by atoms with van der Waals surface area (Å²) in [6.07, 6.45) is 0.411. The van der Waals surface area contributed by atoms with E-state index in [4.69, 9.17) is 7.85 Å². The summed E-state index contributed by atoms with van der Waals surface area (Å²) >= 11 is 0. The van der Waals surface area contributed by atoms with Crippen LogP contribution < -0.4 is 0 Å². The van der Waals surface area contributed by atoms with Crippen molar-refractivity contribution in [3.05, 3.63) is 0 Å². The zero-order valence-electron chi connectivity index (χ0n) is 6.20. The molecule has 2 radical (unpaired) electrons. The SMILES string of the molecule is [B]C1C(O)CC(C)CC1O. The van der Waals surface area contributed by atoms with Crippen molar-refractivity contribution in [3.8, 4) is 0 Å². The highest BCUT2D eigenvalue weighted by Gasteiger charge is 2.29. The first-order chi connectivity index (χ1) is 4.61. The predicted molar refractivity (Wildman–Crippen MR) is 39.9 cm³/mol. The Balaban J connectivity index is 2.49. The van der Waals surface area contributed by atoms with Gasteiger partial charge >= 0.3 is 0 Å². The molecule has 2 N–H and O–H groups in total. The van der Waals surface area contributed by atoms with Crippen LogP contribution in [0.3, 0.4) is 0 Å². The average molecular weight is 140 g/mol. The smallest absolute Gasteiger partial charge is 0.0770 e. The summed E-state index contributed by atoms with van der Waals surface area (Å²) in [6, 6.07) is 0. The summed E-state index contributed by atoms with van der Waals surface area (Å²) in [7, 11) is 5.48. The summed E-state index contributed by atoms with van der Waals surface area (Å²) in [5.74, 6) is -0.0407. The molecule has 0 aliphatic heterocycles.